The number of hydrogen-bond acceptors (Lipinski definition) is 3. The highest BCUT2D eigenvalue weighted by Gasteiger charge is 2.44. The topological polar surface area (TPSA) is 92.4 Å². The Morgan fingerprint density at radius 3 is 2.81 bits per heavy atom. The third kappa shape index (κ3) is 3.20. The molecular formula is C15H19BrN2O3. The molecule has 4 N–H and O–H groups in total. The monoisotopic (exact) mass is 354 g/mol. The van der Waals surface area contributed by atoms with E-state index in [0.717, 1.165) is 12.8 Å². The predicted molar refractivity (Wildman–Crippen MR) is 84.0 cm³/mol. The molecule has 1 amide bonds. The van der Waals surface area contributed by atoms with E-state index in [9.17, 15) is 14.7 Å². The minimum absolute atomic E-state index is 0.298. The van der Waals surface area contributed by atoms with E-state index in [4.69, 9.17) is 5.73 Å². The van der Waals surface area contributed by atoms with Crippen molar-refractivity contribution in [3.63, 3.8) is 0 Å². The summed E-state index contributed by atoms with van der Waals surface area (Å²) < 4.78 is 0.641. The van der Waals surface area contributed by atoms with Gasteiger partial charge in [0.05, 0.1) is 11.0 Å². The van der Waals surface area contributed by atoms with Crippen molar-refractivity contribution in [3.05, 3.63) is 28.2 Å². The lowest BCUT2D eigenvalue weighted by Crippen LogP contribution is -2.52. The summed E-state index contributed by atoms with van der Waals surface area (Å²) in [4.78, 5) is 24.0. The maximum Gasteiger partial charge on any atom is 0.311 e. The standard InChI is InChI=1S/C15H19BrN2O3/c1-15(14(20)21)7-3-2-4-12(15)18-13(19)10-8-9(17)5-6-11(10)16/h5-6,8,12H,2-4,7,17H2,1H3,(H,18,19)(H,20,21). The quantitative estimate of drug-likeness (QED) is 0.727. The fourth-order valence-corrected chi connectivity index (χ4v) is 3.20. The number of nitrogen functional groups attached to an aromatic ring is 1. The molecule has 0 aromatic heterocycles. The molecule has 21 heavy (non-hydrogen) atoms. The molecule has 1 aromatic rings. The first kappa shape index (κ1) is 15.8. The van der Waals surface area contributed by atoms with Gasteiger partial charge < -0.3 is 16.2 Å². The van der Waals surface area contributed by atoms with Crippen molar-refractivity contribution < 1.29 is 14.7 Å². The number of amides is 1. The molecule has 1 aromatic carbocycles. The third-order valence-electron chi connectivity index (χ3n) is 4.24. The smallest absolute Gasteiger partial charge is 0.311 e. The van der Waals surface area contributed by atoms with Crippen LogP contribution in [0.2, 0.25) is 0 Å². The number of carboxylic acids is 1. The van der Waals surface area contributed by atoms with E-state index < -0.39 is 11.4 Å². The molecule has 1 saturated carbocycles. The van der Waals surface area contributed by atoms with Crippen LogP contribution in [0.5, 0.6) is 0 Å². The number of nitrogens with two attached hydrogens (primary N) is 1. The summed E-state index contributed by atoms with van der Waals surface area (Å²) in [6.45, 7) is 1.70. The first-order valence-electron chi connectivity index (χ1n) is 6.94. The number of carboxylic acid groups (broad SMARTS) is 1. The van der Waals surface area contributed by atoms with Crippen LogP contribution in [0.4, 0.5) is 5.69 Å². The summed E-state index contributed by atoms with van der Waals surface area (Å²) in [5.74, 6) is -1.16. The maximum atomic E-state index is 12.4. The Morgan fingerprint density at radius 2 is 2.14 bits per heavy atom. The Balaban J connectivity index is 2.21. The van der Waals surface area contributed by atoms with Crippen molar-refractivity contribution in [1.29, 1.82) is 0 Å². The van der Waals surface area contributed by atoms with Crippen molar-refractivity contribution in [2.75, 3.05) is 5.73 Å². The van der Waals surface area contributed by atoms with Gasteiger partial charge >= 0.3 is 5.97 Å². The molecule has 0 saturated heterocycles. The van der Waals surface area contributed by atoms with Crippen LogP contribution in [-0.2, 0) is 4.79 Å². The number of rotatable bonds is 3. The summed E-state index contributed by atoms with van der Waals surface area (Å²) in [6, 6.07) is 4.62. The van der Waals surface area contributed by atoms with Gasteiger partial charge in [0, 0.05) is 16.2 Å². The summed E-state index contributed by atoms with van der Waals surface area (Å²) in [7, 11) is 0. The van der Waals surface area contributed by atoms with Gasteiger partial charge in [0.15, 0.2) is 0 Å². The van der Waals surface area contributed by atoms with Gasteiger partial charge in [-0.2, -0.15) is 0 Å². The minimum atomic E-state index is -0.916. The second-order valence-corrected chi connectivity index (χ2v) is 6.59. The summed E-state index contributed by atoms with van der Waals surface area (Å²) in [6.07, 6.45) is 3.04. The van der Waals surface area contributed by atoms with E-state index in [1.54, 1.807) is 25.1 Å². The van der Waals surface area contributed by atoms with Gasteiger partial charge in [-0.3, -0.25) is 9.59 Å². The fourth-order valence-electron chi connectivity index (χ4n) is 2.77. The van der Waals surface area contributed by atoms with E-state index in [2.05, 4.69) is 21.2 Å². The maximum absolute atomic E-state index is 12.4. The van der Waals surface area contributed by atoms with Crippen LogP contribution < -0.4 is 11.1 Å². The zero-order valence-corrected chi connectivity index (χ0v) is 13.4. The number of aliphatic carboxylic acids is 1. The number of benzene rings is 1. The lowest BCUT2D eigenvalue weighted by atomic mass is 9.71. The lowest BCUT2D eigenvalue weighted by molar-refractivity contribution is -0.151. The van der Waals surface area contributed by atoms with E-state index in [1.165, 1.54) is 0 Å². The van der Waals surface area contributed by atoms with Crippen molar-refractivity contribution in [2.45, 2.75) is 38.6 Å². The van der Waals surface area contributed by atoms with Gasteiger partial charge in [-0.15, -0.1) is 0 Å². The molecule has 6 heteroatoms. The number of nitrogens with one attached hydrogen (secondary N) is 1. The second kappa shape index (κ2) is 6.05. The van der Waals surface area contributed by atoms with Crippen LogP contribution in [-0.4, -0.2) is 23.0 Å². The van der Waals surface area contributed by atoms with Crippen LogP contribution in [0.1, 0.15) is 43.0 Å². The largest absolute Gasteiger partial charge is 0.481 e. The summed E-state index contributed by atoms with van der Waals surface area (Å²) >= 11 is 3.32. The van der Waals surface area contributed by atoms with Crippen LogP contribution >= 0.6 is 15.9 Å². The molecule has 0 aliphatic heterocycles. The molecule has 5 nitrogen and oxygen atoms in total. The number of anilines is 1. The highest BCUT2D eigenvalue weighted by atomic mass is 79.9. The number of carbonyl (C=O) groups is 2. The first-order valence-corrected chi connectivity index (χ1v) is 7.73. The zero-order valence-electron chi connectivity index (χ0n) is 11.9. The molecule has 0 heterocycles. The Hall–Kier alpha value is -1.56. The molecule has 2 unspecified atom stereocenters. The van der Waals surface area contributed by atoms with Gasteiger partial charge in [0.1, 0.15) is 0 Å². The molecule has 114 valence electrons. The van der Waals surface area contributed by atoms with Gasteiger partial charge in [-0.25, -0.2) is 0 Å². The number of halogens is 1. The second-order valence-electron chi connectivity index (χ2n) is 5.73. The van der Waals surface area contributed by atoms with Gasteiger partial charge in [0.25, 0.3) is 5.91 Å². The van der Waals surface area contributed by atoms with E-state index in [0.29, 0.717) is 28.6 Å². The SMILES string of the molecule is CC1(C(=O)O)CCCCC1NC(=O)c1cc(N)ccc1Br. The Labute approximate surface area is 132 Å². The molecule has 2 rings (SSSR count). The third-order valence-corrected chi connectivity index (χ3v) is 4.93. The minimum Gasteiger partial charge on any atom is -0.481 e. The molecule has 0 bridgehead atoms. The molecule has 1 aliphatic rings. The van der Waals surface area contributed by atoms with Crippen molar-refractivity contribution in [1.82, 2.24) is 5.32 Å². The molecular weight excluding hydrogens is 336 g/mol. The molecule has 0 spiro atoms. The summed E-state index contributed by atoms with van der Waals surface area (Å²) in [5.41, 5.74) is 5.71. The number of hydrogen-bond donors (Lipinski definition) is 3. The van der Waals surface area contributed by atoms with Crippen LogP contribution in [0.15, 0.2) is 22.7 Å². The van der Waals surface area contributed by atoms with Gasteiger partial charge in [-0.1, -0.05) is 12.8 Å². The summed E-state index contributed by atoms with van der Waals surface area (Å²) in [5, 5.41) is 12.3. The molecule has 1 fully saturated rings. The fraction of sp³-hybridized carbons (Fsp3) is 0.467. The zero-order chi connectivity index (χ0) is 15.6. The lowest BCUT2D eigenvalue weighted by Gasteiger charge is -2.38. The van der Waals surface area contributed by atoms with Crippen molar-refractivity contribution in [2.24, 2.45) is 5.41 Å². The highest BCUT2D eigenvalue weighted by Crippen LogP contribution is 2.36. The van der Waals surface area contributed by atoms with Crippen molar-refractivity contribution in [3.8, 4) is 0 Å². The highest BCUT2D eigenvalue weighted by molar-refractivity contribution is 9.10. The van der Waals surface area contributed by atoms with E-state index >= 15 is 0 Å². The Morgan fingerprint density at radius 1 is 1.43 bits per heavy atom. The van der Waals surface area contributed by atoms with Crippen LogP contribution in [0.3, 0.4) is 0 Å². The van der Waals surface area contributed by atoms with E-state index in [-0.39, 0.29) is 11.9 Å². The van der Waals surface area contributed by atoms with Crippen molar-refractivity contribution >= 4 is 33.5 Å². The molecule has 0 radical (unpaired) electrons. The van der Waals surface area contributed by atoms with Gasteiger partial charge in [0.2, 0.25) is 0 Å². The van der Waals surface area contributed by atoms with E-state index in [1.807, 2.05) is 0 Å². The predicted octanol–water partition coefficient (Wildman–Crippen LogP) is 2.79. The van der Waals surface area contributed by atoms with Crippen LogP contribution in [0, 0.1) is 5.41 Å². The normalized spacial score (nSPS) is 25.3. The Kier molecular flexibility index (Phi) is 4.56. The van der Waals surface area contributed by atoms with Crippen LogP contribution in [0.25, 0.3) is 0 Å². The molecule has 1 aliphatic carbocycles. The average Bonchev–Trinajstić information content (AvgIpc) is 2.43. The molecule has 2 atom stereocenters. The average molecular weight is 355 g/mol. The van der Waals surface area contributed by atoms with Gasteiger partial charge in [-0.05, 0) is 53.9 Å². The Bertz CT molecular complexity index is 576. The number of carbonyl (C=O) groups excluding carboxylic acids is 1. The first-order chi connectivity index (χ1) is 9.84.